The summed E-state index contributed by atoms with van der Waals surface area (Å²) in [6.07, 6.45) is 5.97. The molecule has 1 aromatic carbocycles. The lowest BCUT2D eigenvalue weighted by Crippen LogP contribution is -2.23. The van der Waals surface area contributed by atoms with Gasteiger partial charge in [-0.2, -0.15) is 0 Å². The van der Waals surface area contributed by atoms with E-state index >= 15 is 0 Å². The second-order valence-electron chi connectivity index (χ2n) is 6.69. The molecule has 2 N–H and O–H groups in total. The van der Waals surface area contributed by atoms with Crippen LogP contribution in [0, 0.1) is 0 Å². The average molecular weight is 390 g/mol. The van der Waals surface area contributed by atoms with Gasteiger partial charge < -0.3 is 14.8 Å². The average Bonchev–Trinajstić information content (AvgIpc) is 2.70. The van der Waals surface area contributed by atoms with Crippen molar-refractivity contribution < 1.29 is 17.9 Å². The number of benzene rings is 1. The Morgan fingerprint density at radius 3 is 2.33 bits per heavy atom. The van der Waals surface area contributed by atoms with E-state index in [1.807, 2.05) is 0 Å². The highest BCUT2D eigenvalue weighted by atomic mass is 32.2. The van der Waals surface area contributed by atoms with Crippen LogP contribution in [0.2, 0.25) is 0 Å². The van der Waals surface area contributed by atoms with Gasteiger partial charge in [0.2, 0.25) is 0 Å². The minimum Gasteiger partial charge on any atom is -0.486 e. The van der Waals surface area contributed by atoms with E-state index in [0.29, 0.717) is 36.6 Å². The van der Waals surface area contributed by atoms with E-state index in [-0.39, 0.29) is 10.7 Å². The van der Waals surface area contributed by atoms with Crippen molar-refractivity contribution in [3.63, 3.8) is 0 Å². The summed E-state index contributed by atoms with van der Waals surface area (Å²) in [5.74, 6) is 1.78. The summed E-state index contributed by atoms with van der Waals surface area (Å²) in [5.41, 5.74) is 0. The first kappa shape index (κ1) is 17.8. The van der Waals surface area contributed by atoms with Gasteiger partial charge in [0.25, 0.3) is 10.0 Å². The molecule has 144 valence electrons. The maximum atomic E-state index is 12.6. The number of aromatic nitrogens is 2. The van der Waals surface area contributed by atoms with Crippen molar-refractivity contribution in [3.05, 3.63) is 30.3 Å². The first-order chi connectivity index (χ1) is 13.1. The molecule has 1 saturated carbocycles. The van der Waals surface area contributed by atoms with Gasteiger partial charge in [-0.3, -0.25) is 4.72 Å². The maximum absolute atomic E-state index is 12.6. The number of rotatable bonds is 5. The summed E-state index contributed by atoms with van der Waals surface area (Å²) in [5, 5.41) is 11.4. The molecule has 9 heteroatoms. The second kappa shape index (κ2) is 7.59. The van der Waals surface area contributed by atoms with E-state index < -0.39 is 10.0 Å². The van der Waals surface area contributed by atoms with E-state index in [1.54, 1.807) is 18.2 Å². The summed E-state index contributed by atoms with van der Waals surface area (Å²) in [6.45, 7) is 0.846. The lowest BCUT2D eigenvalue weighted by molar-refractivity contribution is 0.171. The lowest BCUT2D eigenvalue weighted by atomic mass is 9.95. The number of hydrogen-bond donors (Lipinski definition) is 2. The smallest absolute Gasteiger partial charge is 0.263 e. The lowest BCUT2D eigenvalue weighted by Gasteiger charge is -2.23. The third-order valence-electron chi connectivity index (χ3n) is 4.68. The standard InChI is InChI=1S/C18H22N4O4S/c23-27(24,14-6-7-15-16(12-14)26-11-10-25-15)22-18-9-8-17(20-21-18)19-13-4-2-1-3-5-13/h6-9,12-13H,1-5,10-11H2,(H,19,20)(H,21,22). The van der Waals surface area contributed by atoms with Crippen LogP contribution in [-0.2, 0) is 10.0 Å². The van der Waals surface area contributed by atoms with Gasteiger partial charge in [-0.1, -0.05) is 19.3 Å². The van der Waals surface area contributed by atoms with Crippen LogP contribution < -0.4 is 19.5 Å². The van der Waals surface area contributed by atoms with Gasteiger partial charge in [0, 0.05) is 12.1 Å². The Bertz CT molecular complexity index is 896. The van der Waals surface area contributed by atoms with Gasteiger partial charge in [-0.05, 0) is 37.1 Å². The summed E-state index contributed by atoms with van der Waals surface area (Å²) < 4.78 is 38.5. The molecule has 8 nitrogen and oxygen atoms in total. The van der Waals surface area contributed by atoms with Crippen molar-refractivity contribution in [1.82, 2.24) is 10.2 Å². The molecule has 1 aromatic heterocycles. The Hall–Kier alpha value is -2.55. The van der Waals surface area contributed by atoms with Crippen LogP contribution >= 0.6 is 0 Å². The Morgan fingerprint density at radius 2 is 1.59 bits per heavy atom. The molecular formula is C18H22N4O4S. The predicted octanol–water partition coefficient (Wildman–Crippen LogP) is 2.79. The molecule has 2 aromatic rings. The fraction of sp³-hybridized carbons (Fsp3) is 0.444. The Labute approximate surface area is 158 Å². The number of anilines is 2. The molecule has 0 bridgehead atoms. The molecule has 0 unspecified atom stereocenters. The SMILES string of the molecule is O=S(=O)(Nc1ccc(NC2CCCCC2)nn1)c1ccc2c(c1)OCCO2. The summed E-state index contributed by atoms with van der Waals surface area (Å²) in [7, 11) is -3.80. The van der Waals surface area contributed by atoms with Gasteiger partial charge in [-0.15, -0.1) is 10.2 Å². The second-order valence-corrected chi connectivity index (χ2v) is 8.38. The van der Waals surface area contributed by atoms with Crippen LogP contribution in [0.25, 0.3) is 0 Å². The van der Waals surface area contributed by atoms with Crippen molar-refractivity contribution in [3.8, 4) is 11.5 Å². The highest BCUT2D eigenvalue weighted by molar-refractivity contribution is 7.92. The fourth-order valence-electron chi connectivity index (χ4n) is 3.31. The molecule has 1 fully saturated rings. The van der Waals surface area contributed by atoms with Gasteiger partial charge in [0.05, 0.1) is 4.90 Å². The third-order valence-corrected chi connectivity index (χ3v) is 6.04. The monoisotopic (exact) mass is 390 g/mol. The zero-order valence-corrected chi connectivity index (χ0v) is 15.7. The Balaban J connectivity index is 1.44. The van der Waals surface area contributed by atoms with Gasteiger partial charge in [-0.25, -0.2) is 8.42 Å². The van der Waals surface area contributed by atoms with Crippen LogP contribution in [0.3, 0.4) is 0 Å². The summed E-state index contributed by atoms with van der Waals surface area (Å²) >= 11 is 0. The number of nitrogens with zero attached hydrogens (tertiary/aromatic N) is 2. The van der Waals surface area contributed by atoms with Gasteiger partial charge in [0.1, 0.15) is 19.0 Å². The van der Waals surface area contributed by atoms with E-state index in [0.717, 1.165) is 12.8 Å². The molecule has 0 saturated heterocycles. The largest absolute Gasteiger partial charge is 0.486 e. The highest BCUT2D eigenvalue weighted by Gasteiger charge is 2.20. The number of ether oxygens (including phenoxy) is 2. The van der Waals surface area contributed by atoms with Crippen LogP contribution in [-0.4, -0.2) is 37.9 Å². The molecule has 1 aliphatic heterocycles. The topological polar surface area (TPSA) is 102 Å². The van der Waals surface area contributed by atoms with E-state index in [4.69, 9.17) is 9.47 Å². The number of fused-ring (bicyclic) bond motifs is 1. The van der Waals surface area contributed by atoms with Crippen LogP contribution in [0.1, 0.15) is 32.1 Å². The Kier molecular flexibility index (Phi) is 5.02. The van der Waals surface area contributed by atoms with Crippen molar-refractivity contribution in [2.75, 3.05) is 23.3 Å². The molecule has 1 aliphatic carbocycles. The normalized spacial score (nSPS) is 17.3. The number of hydrogen-bond acceptors (Lipinski definition) is 7. The molecule has 0 radical (unpaired) electrons. The Morgan fingerprint density at radius 1 is 0.889 bits per heavy atom. The minimum atomic E-state index is -3.80. The first-order valence-corrected chi connectivity index (χ1v) is 10.6. The number of sulfonamides is 1. The molecule has 2 heterocycles. The van der Waals surface area contributed by atoms with E-state index in [1.165, 1.54) is 31.4 Å². The fourth-order valence-corrected chi connectivity index (χ4v) is 4.32. The minimum absolute atomic E-state index is 0.0814. The van der Waals surface area contributed by atoms with Gasteiger partial charge in [0.15, 0.2) is 17.3 Å². The van der Waals surface area contributed by atoms with Crippen molar-refractivity contribution in [2.24, 2.45) is 0 Å². The zero-order valence-electron chi connectivity index (χ0n) is 14.8. The van der Waals surface area contributed by atoms with Crippen molar-refractivity contribution in [1.29, 1.82) is 0 Å². The molecule has 4 rings (SSSR count). The predicted molar refractivity (Wildman–Crippen MR) is 101 cm³/mol. The molecule has 0 spiro atoms. The van der Waals surface area contributed by atoms with Crippen molar-refractivity contribution >= 4 is 21.7 Å². The summed E-state index contributed by atoms with van der Waals surface area (Å²) in [4.78, 5) is 0.0814. The van der Waals surface area contributed by atoms with Gasteiger partial charge >= 0.3 is 0 Å². The molecular weight excluding hydrogens is 368 g/mol. The zero-order chi connectivity index (χ0) is 18.7. The van der Waals surface area contributed by atoms with Crippen LogP contribution in [0.4, 0.5) is 11.6 Å². The van der Waals surface area contributed by atoms with E-state index in [2.05, 4.69) is 20.2 Å². The molecule has 0 amide bonds. The summed E-state index contributed by atoms with van der Waals surface area (Å²) in [6, 6.07) is 8.27. The molecule has 27 heavy (non-hydrogen) atoms. The number of nitrogens with one attached hydrogen (secondary N) is 2. The van der Waals surface area contributed by atoms with Crippen LogP contribution in [0.5, 0.6) is 11.5 Å². The quantitative estimate of drug-likeness (QED) is 0.809. The molecule has 0 atom stereocenters. The van der Waals surface area contributed by atoms with E-state index in [9.17, 15) is 8.42 Å². The third kappa shape index (κ3) is 4.24. The highest BCUT2D eigenvalue weighted by Crippen LogP contribution is 2.32. The van der Waals surface area contributed by atoms with Crippen molar-refractivity contribution in [2.45, 2.75) is 43.0 Å². The molecule has 2 aliphatic rings. The first-order valence-electron chi connectivity index (χ1n) is 9.13. The van der Waals surface area contributed by atoms with Crippen LogP contribution in [0.15, 0.2) is 35.2 Å². The maximum Gasteiger partial charge on any atom is 0.263 e.